The van der Waals surface area contributed by atoms with Crippen LogP contribution in [0.1, 0.15) is 30.5 Å². The van der Waals surface area contributed by atoms with E-state index >= 15 is 0 Å². The molecule has 3 heterocycles. The van der Waals surface area contributed by atoms with E-state index in [9.17, 15) is 0 Å². The number of nitrogens with one attached hydrogen (secondary N) is 1. The van der Waals surface area contributed by atoms with Crippen LogP contribution in [0, 0.1) is 0 Å². The third-order valence-electron chi connectivity index (χ3n) is 4.39. The Hall–Kier alpha value is -0.980. The Bertz CT molecular complexity index is 432. The topological polar surface area (TPSA) is 57.4 Å². The van der Waals surface area contributed by atoms with E-state index in [0.717, 1.165) is 50.5 Å². The van der Waals surface area contributed by atoms with E-state index in [1.165, 1.54) is 25.9 Å². The summed E-state index contributed by atoms with van der Waals surface area (Å²) in [6.45, 7) is 7.73. The molecule has 6 nitrogen and oxygen atoms in total. The summed E-state index contributed by atoms with van der Waals surface area (Å²) in [7, 11) is 0. The van der Waals surface area contributed by atoms with E-state index in [0.29, 0.717) is 5.92 Å². The monoisotopic (exact) mass is 263 g/mol. The molecule has 104 valence electrons. The van der Waals surface area contributed by atoms with Gasteiger partial charge in [-0.05, 0) is 12.8 Å². The van der Waals surface area contributed by atoms with Gasteiger partial charge in [0, 0.05) is 51.2 Å². The van der Waals surface area contributed by atoms with Crippen LogP contribution < -0.4 is 5.32 Å². The number of nitrogens with zero attached hydrogens (tertiary/aromatic N) is 4. The molecule has 2 saturated heterocycles. The Balaban J connectivity index is 1.26. The summed E-state index contributed by atoms with van der Waals surface area (Å²) in [4.78, 5) is 9.48. The van der Waals surface area contributed by atoms with Crippen molar-refractivity contribution in [2.45, 2.75) is 31.3 Å². The predicted molar refractivity (Wildman–Crippen MR) is 69.8 cm³/mol. The van der Waals surface area contributed by atoms with Gasteiger partial charge in [0.15, 0.2) is 5.82 Å². The molecule has 0 aromatic carbocycles. The zero-order valence-corrected chi connectivity index (χ0v) is 11.2. The van der Waals surface area contributed by atoms with Crippen molar-refractivity contribution in [3.05, 3.63) is 11.7 Å². The predicted octanol–water partition coefficient (Wildman–Crippen LogP) is 0.0364. The lowest BCUT2D eigenvalue weighted by molar-refractivity contribution is 0.0165. The molecule has 2 aliphatic heterocycles. The lowest BCUT2D eigenvalue weighted by atomic mass is 10.1. The van der Waals surface area contributed by atoms with E-state index in [1.54, 1.807) is 0 Å². The first-order valence-electron chi connectivity index (χ1n) is 7.38. The summed E-state index contributed by atoms with van der Waals surface area (Å²) >= 11 is 0. The van der Waals surface area contributed by atoms with Crippen molar-refractivity contribution in [2.24, 2.45) is 0 Å². The summed E-state index contributed by atoms with van der Waals surface area (Å²) in [5.41, 5.74) is 0. The summed E-state index contributed by atoms with van der Waals surface area (Å²) < 4.78 is 5.33. The third kappa shape index (κ3) is 2.52. The van der Waals surface area contributed by atoms with Crippen LogP contribution in [0.2, 0.25) is 0 Å². The van der Waals surface area contributed by atoms with Gasteiger partial charge < -0.3 is 9.84 Å². The number of rotatable bonds is 4. The van der Waals surface area contributed by atoms with Gasteiger partial charge in [0.25, 0.3) is 0 Å². The van der Waals surface area contributed by atoms with Crippen LogP contribution in [0.4, 0.5) is 0 Å². The molecule has 1 N–H and O–H groups in total. The van der Waals surface area contributed by atoms with E-state index in [-0.39, 0.29) is 0 Å². The average molecular weight is 263 g/mol. The van der Waals surface area contributed by atoms with E-state index in [1.807, 2.05) is 0 Å². The molecule has 1 aromatic heterocycles. The van der Waals surface area contributed by atoms with Gasteiger partial charge in [-0.25, -0.2) is 0 Å². The molecule has 0 radical (unpaired) electrons. The normalized spacial score (nSPS) is 26.5. The Labute approximate surface area is 113 Å². The van der Waals surface area contributed by atoms with Gasteiger partial charge >= 0.3 is 0 Å². The number of hydrogen-bond acceptors (Lipinski definition) is 6. The highest BCUT2D eigenvalue weighted by atomic mass is 16.5. The van der Waals surface area contributed by atoms with E-state index in [4.69, 9.17) is 4.52 Å². The van der Waals surface area contributed by atoms with Crippen molar-refractivity contribution >= 4 is 0 Å². The Morgan fingerprint density at radius 2 is 2.00 bits per heavy atom. The van der Waals surface area contributed by atoms with Gasteiger partial charge in [0.1, 0.15) is 0 Å². The molecular formula is C13H21N5O. The molecule has 19 heavy (non-hydrogen) atoms. The first-order valence-corrected chi connectivity index (χ1v) is 7.38. The quantitative estimate of drug-likeness (QED) is 0.827. The standard InChI is InChI=1S/C13H21N5O/c1-2-10(1)13-15-12(19-16-13)9-17-7-11(8-17)18-5-3-14-4-6-18/h10-11,14H,1-9H2. The highest BCUT2D eigenvalue weighted by molar-refractivity contribution is 5.03. The molecule has 4 rings (SSSR count). The zero-order chi connectivity index (χ0) is 12.7. The van der Waals surface area contributed by atoms with E-state index < -0.39 is 0 Å². The fourth-order valence-corrected chi connectivity index (χ4v) is 2.98. The van der Waals surface area contributed by atoms with Crippen LogP contribution in [0.5, 0.6) is 0 Å². The number of piperazine rings is 1. The van der Waals surface area contributed by atoms with Crippen molar-refractivity contribution in [1.82, 2.24) is 25.3 Å². The minimum Gasteiger partial charge on any atom is -0.338 e. The first kappa shape index (κ1) is 11.8. The second kappa shape index (κ2) is 4.85. The van der Waals surface area contributed by atoms with Crippen LogP contribution in [0.3, 0.4) is 0 Å². The molecule has 1 saturated carbocycles. The molecule has 3 aliphatic rings. The Kier molecular flexibility index (Phi) is 3.01. The van der Waals surface area contributed by atoms with Gasteiger partial charge in [-0.3, -0.25) is 9.80 Å². The van der Waals surface area contributed by atoms with Crippen molar-refractivity contribution in [2.75, 3.05) is 39.3 Å². The largest absolute Gasteiger partial charge is 0.338 e. The molecular weight excluding hydrogens is 242 g/mol. The van der Waals surface area contributed by atoms with Crippen molar-refractivity contribution in [3.8, 4) is 0 Å². The Morgan fingerprint density at radius 1 is 1.21 bits per heavy atom. The van der Waals surface area contributed by atoms with Crippen LogP contribution in [0.25, 0.3) is 0 Å². The highest BCUT2D eigenvalue weighted by Crippen LogP contribution is 2.38. The minimum atomic E-state index is 0.586. The molecule has 1 aliphatic carbocycles. The highest BCUT2D eigenvalue weighted by Gasteiger charge is 2.34. The van der Waals surface area contributed by atoms with Gasteiger partial charge in [-0.1, -0.05) is 5.16 Å². The zero-order valence-electron chi connectivity index (χ0n) is 11.2. The molecule has 1 aromatic rings. The number of hydrogen-bond donors (Lipinski definition) is 1. The second-order valence-electron chi connectivity index (χ2n) is 5.95. The van der Waals surface area contributed by atoms with Crippen LogP contribution in [-0.2, 0) is 6.54 Å². The summed E-state index contributed by atoms with van der Waals surface area (Å²) in [5.74, 6) is 2.30. The summed E-state index contributed by atoms with van der Waals surface area (Å²) in [6.07, 6.45) is 2.46. The smallest absolute Gasteiger partial charge is 0.240 e. The van der Waals surface area contributed by atoms with Gasteiger partial charge in [-0.2, -0.15) is 4.98 Å². The van der Waals surface area contributed by atoms with Crippen LogP contribution >= 0.6 is 0 Å². The number of likely N-dealkylation sites (tertiary alicyclic amines) is 1. The van der Waals surface area contributed by atoms with Gasteiger partial charge in [0.2, 0.25) is 5.89 Å². The maximum Gasteiger partial charge on any atom is 0.240 e. The lowest BCUT2D eigenvalue weighted by Crippen LogP contribution is -2.62. The van der Waals surface area contributed by atoms with Crippen LogP contribution in [-0.4, -0.2) is 65.3 Å². The molecule has 3 fully saturated rings. The molecule has 6 heteroatoms. The first-order chi connectivity index (χ1) is 9.38. The Morgan fingerprint density at radius 3 is 2.74 bits per heavy atom. The molecule has 0 unspecified atom stereocenters. The second-order valence-corrected chi connectivity index (χ2v) is 5.95. The SMILES string of the molecule is C1CN(C2CN(Cc3nc(C4CC4)no3)C2)CCN1. The molecule has 0 spiro atoms. The third-order valence-corrected chi connectivity index (χ3v) is 4.39. The number of aromatic nitrogens is 2. The van der Waals surface area contributed by atoms with Gasteiger partial charge in [-0.15, -0.1) is 0 Å². The fraction of sp³-hybridized carbons (Fsp3) is 0.846. The van der Waals surface area contributed by atoms with Crippen LogP contribution in [0.15, 0.2) is 4.52 Å². The summed E-state index contributed by atoms with van der Waals surface area (Å²) in [5, 5.41) is 7.47. The minimum absolute atomic E-state index is 0.586. The maximum atomic E-state index is 5.33. The van der Waals surface area contributed by atoms with Crippen molar-refractivity contribution in [1.29, 1.82) is 0 Å². The maximum absolute atomic E-state index is 5.33. The van der Waals surface area contributed by atoms with Crippen molar-refractivity contribution in [3.63, 3.8) is 0 Å². The van der Waals surface area contributed by atoms with Gasteiger partial charge in [0.05, 0.1) is 6.54 Å². The fourth-order valence-electron chi connectivity index (χ4n) is 2.98. The molecule has 0 bridgehead atoms. The van der Waals surface area contributed by atoms with E-state index in [2.05, 4.69) is 25.3 Å². The van der Waals surface area contributed by atoms with Crippen molar-refractivity contribution < 1.29 is 4.52 Å². The lowest BCUT2D eigenvalue weighted by Gasteiger charge is -2.46. The molecule has 0 amide bonds. The summed E-state index contributed by atoms with van der Waals surface area (Å²) in [6, 6.07) is 0.730. The average Bonchev–Trinajstić information content (AvgIpc) is 3.15. The molecule has 0 atom stereocenters.